The van der Waals surface area contributed by atoms with Crippen LogP contribution in [0.5, 0.6) is 5.75 Å². The Balaban J connectivity index is 2.15. The Kier molecular flexibility index (Phi) is 4.74. The normalized spacial score (nSPS) is 10.4. The van der Waals surface area contributed by atoms with E-state index in [1.807, 2.05) is 30.3 Å². The molecule has 19 heavy (non-hydrogen) atoms. The summed E-state index contributed by atoms with van der Waals surface area (Å²) >= 11 is 8.64. The minimum Gasteiger partial charge on any atom is -0.505 e. The number of halogens is 1. The van der Waals surface area contributed by atoms with E-state index in [1.165, 1.54) is 18.9 Å². The molecule has 0 bridgehead atoms. The molecule has 0 radical (unpaired) electrons. The summed E-state index contributed by atoms with van der Waals surface area (Å²) in [5, 5.41) is 10.00. The summed E-state index contributed by atoms with van der Waals surface area (Å²) in [7, 11) is 1.27. The Morgan fingerprint density at radius 2 is 2.11 bits per heavy atom. The van der Waals surface area contributed by atoms with Gasteiger partial charge in [-0.3, -0.25) is 0 Å². The highest BCUT2D eigenvalue weighted by molar-refractivity contribution is 8.00. The molecular formula is C13H11ClO3S2. The third-order valence-electron chi connectivity index (χ3n) is 2.38. The first-order valence-corrected chi connectivity index (χ1v) is 7.57. The number of hydrogen-bond acceptors (Lipinski definition) is 5. The molecule has 0 amide bonds. The van der Waals surface area contributed by atoms with Gasteiger partial charge in [0.2, 0.25) is 0 Å². The monoisotopic (exact) mass is 314 g/mol. The smallest absolute Gasteiger partial charge is 0.351 e. The SMILES string of the molecule is COC(=O)c1sc(SCc2ccccc2)c(Cl)c1O. The number of thioether (sulfide) groups is 1. The van der Waals surface area contributed by atoms with E-state index in [4.69, 9.17) is 11.6 Å². The summed E-state index contributed by atoms with van der Waals surface area (Å²) in [6.45, 7) is 0. The lowest BCUT2D eigenvalue weighted by molar-refractivity contribution is 0.0603. The second kappa shape index (κ2) is 6.32. The van der Waals surface area contributed by atoms with E-state index in [9.17, 15) is 9.90 Å². The average molecular weight is 315 g/mol. The van der Waals surface area contributed by atoms with Crippen LogP contribution in [-0.2, 0) is 10.5 Å². The summed E-state index contributed by atoms with van der Waals surface area (Å²) < 4.78 is 5.30. The van der Waals surface area contributed by atoms with Crippen LogP contribution in [0.3, 0.4) is 0 Å². The zero-order chi connectivity index (χ0) is 13.8. The fourth-order valence-corrected chi connectivity index (χ4v) is 3.97. The molecule has 2 aromatic rings. The molecule has 2 rings (SSSR count). The molecular weight excluding hydrogens is 304 g/mol. The van der Waals surface area contributed by atoms with Gasteiger partial charge in [-0.15, -0.1) is 23.1 Å². The molecule has 1 aromatic heterocycles. The first-order chi connectivity index (χ1) is 9.13. The van der Waals surface area contributed by atoms with Crippen LogP contribution in [0.1, 0.15) is 15.2 Å². The van der Waals surface area contributed by atoms with Crippen molar-refractivity contribution in [3.63, 3.8) is 0 Å². The van der Waals surface area contributed by atoms with Gasteiger partial charge in [0.25, 0.3) is 0 Å². The molecule has 0 unspecified atom stereocenters. The standard InChI is InChI=1S/C13H11ClO3S2/c1-17-12(16)11-10(15)9(14)13(19-11)18-7-8-5-3-2-4-6-8/h2-6,15H,7H2,1H3. The van der Waals surface area contributed by atoms with Gasteiger partial charge in [-0.1, -0.05) is 41.9 Å². The van der Waals surface area contributed by atoms with Crippen LogP contribution in [0.25, 0.3) is 0 Å². The van der Waals surface area contributed by atoms with Crippen molar-refractivity contribution >= 4 is 40.7 Å². The van der Waals surface area contributed by atoms with Crippen LogP contribution in [0.2, 0.25) is 5.02 Å². The lowest BCUT2D eigenvalue weighted by Crippen LogP contribution is -1.97. The number of rotatable bonds is 4. The number of carbonyl (C=O) groups is 1. The molecule has 0 saturated carbocycles. The largest absolute Gasteiger partial charge is 0.505 e. The molecule has 0 fully saturated rings. The van der Waals surface area contributed by atoms with Gasteiger partial charge in [0.05, 0.1) is 11.3 Å². The van der Waals surface area contributed by atoms with Crippen molar-refractivity contribution in [2.75, 3.05) is 7.11 Å². The summed E-state index contributed by atoms with van der Waals surface area (Å²) in [6.07, 6.45) is 0. The molecule has 0 atom stereocenters. The van der Waals surface area contributed by atoms with Gasteiger partial charge in [-0.2, -0.15) is 0 Å². The quantitative estimate of drug-likeness (QED) is 0.679. The van der Waals surface area contributed by atoms with Gasteiger partial charge < -0.3 is 9.84 Å². The van der Waals surface area contributed by atoms with E-state index < -0.39 is 5.97 Å². The maximum Gasteiger partial charge on any atom is 0.351 e. The fourth-order valence-electron chi connectivity index (χ4n) is 1.43. The Morgan fingerprint density at radius 3 is 2.74 bits per heavy atom. The van der Waals surface area contributed by atoms with E-state index in [0.29, 0.717) is 4.21 Å². The van der Waals surface area contributed by atoms with Crippen LogP contribution < -0.4 is 0 Å². The third kappa shape index (κ3) is 3.23. The van der Waals surface area contributed by atoms with E-state index in [1.54, 1.807) is 0 Å². The Hall–Kier alpha value is -1.17. The Bertz CT molecular complexity index is 581. The van der Waals surface area contributed by atoms with Gasteiger partial charge in [0.1, 0.15) is 5.02 Å². The summed E-state index contributed by atoms with van der Waals surface area (Å²) in [6, 6.07) is 9.89. The zero-order valence-corrected chi connectivity index (χ0v) is 12.4. The maximum absolute atomic E-state index is 11.4. The van der Waals surface area contributed by atoms with E-state index in [0.717, 1.165) is 22.7 Å². The van der Waals surface area contributed by atoms with Crippen LogP contribution in [0.4, 0.5) is 0 Å². The molecule has 1 heterocycles. The van der Waals surface area contributed by atoms with Crippen molar-refractivity contribution in [1.82, 2.24) is 0 Å². The highest BCUT2D eigenvalue weighted by atomic mass is 35.5. The molecule has 1 aromatic carbocycles. The number of methoxy groups -OCH3 is 1. The van der Waals surface area contributed by atoms with E-state index in [-0.39, 0.29) is 15.6 Å². The lowest BCUT2D eigenvalue weighted by Gasteiger charge is -1.99. The number of esters is 1. The number of benzene rings is 1. The first kappa shape index (κ1) is 14.2. The molecule has 3 nitrogen and oxygen atoms in total. The predicted octanol–water partition coefficient (Wildman–Crippen LogP) is 4.19. The number of carbonyl (C=O) groups excluding carboxylic acids is 1. The molecule has 0 aliphatic heterocycles. The number of aromatic hydroxyl groups is 1. The lowest BCUT2D eigenvalue weighted by atomic mass is 10.2. The summed E-state index contributed by atoms with van der Waals surface area (Å²) in [5.41, 5.74) is 1.15. The second-order valence-electron chi connectivity index (χ2n) is 3.65. The van der Waals surface area contributed by atoms with Crippen LogP contribution in [0.15, 0.2) is 34.5 Å². The number of ether oxygens (including phenoxy) is 1. The molecule has 6 heteroatoms. The molecule has 0 aliphatic rings. The van der Waals surface area contributed by atoms with Crippen molar-refractivity contribution in [2.45, 2.75) is 9.96 Å². The third-order valence-corrected chi connectivity index (χ3v) is 5.47. The fraction of sp³-hybridized carbons (Fsp3) is 0.154. The first-order valence-electron chi connectivity index (χ1n) is 5.39. The topological polar surface area (TPSA) is 46.5 Å². The Morgan fingerprint density at radius 1 is 1.42 bits per heavy atom. The van der Waals surface area contributed by atoms with Crippen molar-refractivity contribution in [1.29, 1.82) is 0 Å². The Labute approximate surface area is 124 Å². The minimum absolute atomic E-state index is 0.142. The van der Waals surface area contributed by atoms with Crippen molar-refractivity contribution < 1.29 is 14.6 Å². The van der Waals surface area contributed by atoms with Gasteiger partial charge in [0, 0.05) is 5.75 Å². The van der Waals surface area contributed by atoms with Crippen molar-refractivity contribution in [3.05, 3.63) is 45.8 Å². The van der Waals surface area contributed by atoms with Gasteiger partial charge >= 0.3 is 5.97 Å². The number of hydrogen-bond donors (Lipinski definition) is 1. The number of thiophene rings is 1. The molecule has 0 spiro atoms. The molecule has 1 N–H and O–H groups in total. The van der Waals surface area contributed by atoms with E-state index >= 15 is 0 Å². The molecule has 100 valence electrons. The maximum atomic E-state index is 11.4. The van der Waals surface area contributed by atoms with Gasteiger partial charge in [-0.25, -0.2) is 4.79 Å². The van der Waals surface area contributed by atoms with Crippen LogP contribution >= 0.6 is 34.7 Å². The van der Waals surface area contributed by atoms with Crippen LogP contribution in [0, 0.1) is 0 Å². The predicted molar refractivity (Wildman–Crippen MR) is 78.3 cm³/mol. The average Bonchev–Trinajstić information content (AvgIpc) is 2.73. The van der Waals surface area contributed by atoms with Gasteiger partial charge in [0.15, 0.2) is 10.6 Å². The molecule has 0 aliphatic carbocycles. The highest BCUT2D eigenvalue weighted by Crippen LogP contribution is 2.45. The highest BCUT2D eigenvalue weighted by Gasteiger charge is 2.22. The van der Waals surface area contributed by atoms with E-state index in [2.05, 4.69) is 4.74 Å². The zero-order valence-electron chi connectivity index (χ0n) is 10.1. The van der Waals surface area contributed by atoms with Crippen LogP contribution in [-0.4, -0.2) is 18.2 Å². The van der Waals surface area contributed by atoms with Gasteiger partial charge in [-0.05, 0) is 5.56 Å². The van der Waals surface area contributed by atoms with Crippen molar-refractivity contribution in [2.24, 2.45) is 0 Å². The summed E-state index contributed by atoms with van der Waals surface area (Å²) in [5.74, 6) is -0.0498. The van der Waals surface area contributed by atoms with Crippen molar-refractivity contribution in [3.8, 4) is 5.75 Å². The summed E-state index contributed by atoms with van der Waals surface area (Å²) in [4.78, 5) is 11.6. The molecule has 0 saturated heterocycles. The minimum atomic E-state index is -0.573. The second-order valence-corrected chi connectivity index (χ2v) is 6.29.